The van der Waals surface area contributed by atoms with Crippen LogP contribution in [0, 0.1) is 12.8 Å². The average molecular weight is 407 g/mol. The van der Waals surface area contributed by atoms with Crippen molar-refractivity contribution in [3.63, 3.8) is 0 Å². The van der Waals surface area contributed by atoms with Gasteiger partial charge < -0.3 is 10.1 Å². The van der Waals surface area contributed by atoms with Crippen molar-refractivity contribution in [2.24, 2.45) is 5.92 Å². The largest absolute Gasteiger partial charge is 0.462 e. The molecule has 5 nitrogen and oxygen atoms in total. The topological polar surface area (TPSA) is 58.6 Å². The summed E-state index contributed by atoms with van der Waals surface area (Å²) >= 11 is 0. The molecule has 2 heterocycles. The van der Waals surface area contributed by atoms with E-state index in [1.165, 1.54) is 38.8 Å². The van der Waals surface area contributed by atoms with Gasteiger partial charge in [-0.05, 0) is 82.1 Å². The van der Waals surface area contributed by atoms with Crippen molar-refractivity contribution < 1.29 is 14.3 Å². The lowest BCUT2D eigenvalue weighted by Crippen LogP contribution is -2.49. The molecule has 0 aliphatic carbocycles. The number of nitrogens with zero attached hydrogens (tertiary/aromatic N) is 1. The Balaban J connectivity index is 1.31. The van der Waals surface area contributed by atoms with Crippen LogP contribution in [0.25, 0.3) is 0 Å². The van der Waals surface area contributed by atoms with E-state index >= 15 is 0 Å². The van der Waals surface area contributed by atoms with Crippen LogP contribution in [-0.2, 0) is 4.74 Å². The van der Waals surface area contributed by atoms with Crippen LogP contribution in [-0.4, -0.2) is 42.5 Å². The van der Waals surface area contributed by atoms with Gasteiger partial charge in [0.05, 0.1) is 12.2 Å². The molecule has 0 saturated carbocycles. The number of hydrogen-bond donors (Lipinski definition) is 1. The van der Waals surface area contributed by atoms with Gasteiger partial charge in [-0.25, -0.2) is 4.79 Å². The highest BCUT2D eigenvalue weighted by Crippen LogP contribution is 2.31. The SMILES string of the molecule is Cc1cccc(C(=O)Nc2ccc(C(=O)OC[C@@H]3CCCN4CCCC[C@H]34)cc2)c1. The molecule has 0 radical (unpaired) electrons. The van der Waals surface area contributed by atoms with Gasteiger partial charge in [0, 0.05) is 23.2 Å². The first-order chi connectivity index (χ1) is 14.6. The fourth-order valence-corrected chi connectivity index (χ4v) is 4.72. The van der Waals surface area contributed by atoms with Crippen LogP contribution < -0.4 is 5.32 Å². The van der Waals surface area contributed by atoms with Crippen molar-refractivity contribution in [1.29, 1.82) is 0 Å². The Bertz CT molecular complexity index is 892. The van der Waals surface area contributed by atoms with Crippen LogP contribution in [0.5, 0.6) is 0 Å². The molecular weight excluding hydrogens is 376 g/mol. The first-order valence-corrected chi connectivity index (χ1v) is 11.0. The maximum Gasteiger partial charge on any atom is 0.338 e. The number of aryl methyl sites for hydroxylation is 1. The van der Waals surface area contributed by atoms with Gasteiger partial charge in [-0.15, -0.1) is 0 Å². The zero-order valence-corrected chi connectivity index (χ0v) is 17.6. The molecule has 4 rings (SSSR count). The van der Waals surface area contributed by atoms with E-state index in [2.05, 4.69) is 10.2 Å². The predicted octanol–water partition coefficient (Wildman–Crippen LogP) is 4.67. The number of esters is 1. The zero-order valence-electron chi connectivity index (χ0n) is 17.6. The minimum absolute atomic E-state index is 0.164. The van der Waals surface area contributed by atoms with Crippen LogP contribution >= 0.6 is 0 Å². The van der Waals surface area contributed by atoms with Crippen molar-refractivity contribution in [2.75, 3.05) is 25.0 Å². The molecule has 5 heteroatoms. The van der Waals surface area contributed by atoms with Crippen molar-refractivity contribution in [2.45, 2.75) is 45.1 Å². The molecule has 2 aliphatic heterocycles. The number of benzene rings is 2. The summed E-state index contributed by atoms with van der Waals surface area (Å²) in [6.45, 7) is 4.82. The molecule has 2 aromatic rings. The Morgan fingerprint density at radius 3 is 2.60 bits per heavy atom. The summed E-state index contributed by atoms with van der Waals surface area (Å²) in [4.78, 5) is 27.5. The quantitative estimate of drug-likeness (QED) is 0.733. The van der Waals surface area contributed by atoms with Crippen LogP contribution in [0.4, 0.5) is 5.69 Å². The second-order valence-electron chi connectivity index (χ2n) is 8.50. The van der Waals surface area contributed by atoms with Gasteiger partial charge in [0.15, 0.2) is 0 Å². The Morgan fingerprint density at radius 2 is 1.80 bits per heavy atom. The Morgan fingerprint density at radius 1 is 1.00 bits per heavy atom. The molecule has 1 N–H and O–H groups in total. The molecule has 2 atom stereocenters. The van der Waals surface area contributed by atoms with Gasteiger partial charge in [-0.3, -0.25) is 9.69 Å². The van der Waals surface area contributed by atoms with Crippen LogP contribution in [0.1, 0.15) is 58.4 Å². The normalized spacial score (nSPS) is 21.5. The van der Waals surface area contributed by atoms with Gasteiger partial charge in [0.2, 0.25) is 0 Å². The number of carbonyl (C=O) groups is 2. The van der Waals surface area contributed by atoms with E-state index in [4.69, 9.17) is 4.74 Å². The first kappa shape index (κ1) is 20.6. The summed E-state index contributed by atoms with van der Waals surface area (Å²) in [5.74, 6) is -0.0151. The molecule has 0 aromatic heterocycles. The summed E-state index contributed by atoms with van der Waals surface area (Å²) in [5.41, 5.74) is 2.82. The van der Waals surface area contributed by atoms with Crippen molar-refractivity contribution >= 4 is 17.6 Å². The van der Waals surface area contributed by atoms with E-state index in [0.29, 0.717) is 35.4 Å². The number of ether oxygens (including phenoxy) is 1. The van der Waals surface area contributed by atoms with Gasteiger partial charge in [0.1, 0.15) is 0 Å². The second kappa shape index (κ2) is 9.43. The number of amides is 1. The highest BCUT2D eigenvalue weighted by Gasteiger charge is 2.33. The third-order valence-electron chi connectivity index (χ3n) is 6.32. The molecule has 30 heavy (non-hydrogen) atoms. The minimum Gasteiger partial charge on any atom is -0.462 e. The fraction of sp³-hybridized carbons (Fsp3) is 0.440. The molecule has 1 amide bonds. The van der Waals surface area contributed by atoms with Crippen molar-refractivity contribution in [1.82, 2.24) is 4.90 Å². The fourth-order valence-electron chi connectivity index (χ4n) is 4.72. The van der Waals surface area contributed by atoms with Gasteiger partial charge in [0.25, 0.3) is 5.91 Å². The lowest BCUT2D eigenvalue weighted by Gasteiger charge is -2.44. The number of carbonyl (C=O) groups excluding carboxylic acids is 2. The molecule has 158 valence electrons. The number of hydrogen-bond acceptors (Lipinski definition) is 4. The molecule has 0 unspecified atom stereocenters. The zero-order chi connectivity index (χ0) is 20.9. The monoisotopic (exact) mass is 406 g/mol. The number of rotatable bonds is 5. The standard InChI is InChI=1S/C25H30N2O3/c1-18-6-4-7-20(16-18)24(28)26-22-12-10-19(11-13-22)25(29)30-17-21-8-5-15-27-14-3-2-9-23(21)27/h4,6-7,10-13,16,21,23H,2-3,5,8-9,14-15,17H2,1H3,(H,26,28)/t21-,23+/m0/s1. The van der Waals surface area contributed by atoms with Crippen LogP contribution in [0.2, 0.25) is 0 Å². The van der Waals surface area contributed by atoms with Crippen molar-refractivity contribution in [3.8, 4) is 0 Å². The Hall–Kier alpha value is -2.66. The first-order valence-electron chi connectivity index (χ1n) is 11.0. The average Bonchev–Trinajstić information content (AvgIpc) is 2.78. The predicted molar refractivity (Wildman–Crippen MR) is 118 cm³/mol. The summed E-state index contributed by atoms with van der Waals surface area (Å²) < 4.78 is 5.67. The van der Waals surface area contributed by atoms with E-state index in [9.17, 15) is 9.59 Å². The molecule has 0 spiro atoms. The molecule has 2 aromatic carbocycles. The van der Waals surface area contributed by atoms with Gasteiger partial charge in [-0.2, -0.15) is 0 Å². The summed E-state index contributed by atoms with van der Waals surface area (Å²) in [5, 5.41) is 2.87. The van der Waals surface area contributed by atoms with Crippen molar-refractivity contribution in [3.05, 3.63) is 65.2 Å². The molecule has 0 bridgehead atoms. The number of fused-ring (bicyclic) bond motifs is 1. The molecule has 2 fully saturated rings. The number of piperidine rings is 2. The van der Waals surface area contributed by atoms with E-state index < -0.39 is 0 Å². The molecular formula is C25H30N2O3. The summed E-state index contributed by atoms with van der Waals surface area (Å²) in [6, 6.07) is 14.9. The third kappa shape index (κ3) is 4.90. The van der Waals surface area contributed by atoms with E-state index in [-0.39, 0.29) is 11.9 Å². The number of nitrogens with one attached hydrogen (secondary N) is 1. The maximum atomic E-state index is 12.5. The summed E-state index contributed by atoms with van der Waals surface area (Å²) in [6.07, 6.45) is 6.11. The minimum atomic E-state index is -0.292. The van der Waals surface area contributed by atoms with E-state index in [1.807, 2.05) is 25.1 Å². The Labute approximate surface area is 178 Å². The lowest BCUT2D eigenvalue weighted by molar-refractivity contribution is 0.00739. The van der Waals surface area contributed by atoms with Crippen LogP contribution in [0.15, 0.2) is 48.5 Å². The Kier molecular flexibility index (Phi) is 6.48. The molecule has 2 aliphatic rings. The van der Waals surface area contributed by atoms with E-state index in [0.717, 1.165) is 12.0 Å². The lowest BCUT2D eigenvalue weighted by atomic mass is 9.84. The van der Waals surface area contributed by atoms with Gasteiger partial charge in [-0.1, -0.05) is 24.1 Å². The maximum absolute atomic E-state index is 12.5. The highest BCUT2D eigenvalue weighted by atomic mass is 16.5. The summed E-state index contributed by atoms with van der Waals surface area (Å²) in [7, 11) is 0. The second-order valence-corrected chi connectivity index (χ2v) is 8.50. The highest BCUT2D eigenvalue weighted by molar-refractivity contribution is 6.04. The van der Waals surface area contributed by atoms with Gasteiger partial charge >= 0.3 is 5.97 Å². The number of anilines is 1. The molecule has 2 saturated heterocycles. The smallest absolute Gasteiger partial charge is 0.338 e. The third-order valence-corrected chi connectivity index (χ3v) is 6.32. The van der Waals surface area contributed by atoms with Crippen LogP contribution in [0.3, 0.4) is 0 Å². The van der Waals surface area contributed by atoms with E-state index in [1.54, 1.807) is 30.3 Å².